The standard InChI is InChI=1S/C23H25BrN2O3/c1-5-29-22(28)18-12(2)26-17-8-9-23(3,4)21(27)20(17)19(18)15-11-25-16-7-6-13(24)10-14(15)16/h6-7,10-11,19,25-26H,5,8-9H2,1-4H3/t19-/m0/s1. The number of rotatable bonds is 3. The number of aromatic amines is 1. The van der Waals surface area contributed by atoms with Crippen molar-refractivity contribution in [2.24, 2.45) is 5.41 Å². The zero-order valence-corrected chi connectivity index (χ0v) is 18.7. The number of halogens is 1. The number of carbonyl (C=O) groups excluding carboxylic acids is 2. The minimum absolute atomic E-state index is 0.0925. The van der Waals surface area contributed by atoms with Gasteiger partial charge in [-0.1, -0.05) is 29.8 Å². The zero-order chi connectivity index (χ0) is 20.9. The van der Waals surface area contributed by atoms with Crippen LogP contribution in [-0.4, -0.2) is 23.3 Å². The number of fused-ring (bicyclic) bond motifs is 1. The molecule has 2 aromatic rings. The maximum atomic E-state index is 13.5. The smallest absolute Gasteiger partial charge is 0.336 e. The molecule has 2 aliphatic rings. The Morgan fingerprint density at radius 3 is 2.83 bits per heavy atom. The molecule has 29 heavy (non-hydrogen) atoms. The lowest BCUT2D eigenvalue weighted by atomic mass is 9.67. The molecular formula is C23H25BrN2O3. The van der Waals surface area contributed by atoms with Gasteiger partial charge in [-0.25, -0.2) is 4.79 Å². The summed E-state index contributed by atoms with van der Waals surface area (Å²) in [5.41, 5.74) is 4.30. The van der Waals surface area contributed by atoms with Crippen LogP contribution in [0.2, 0.25) is 0 Å². The third-order valence-electron chi connectivity index (χ3n) is 5.99. The normalized spacial score (nSPS) is 21.3. The van der Waals surface area contributed by atoms with E-state index in [4.69, 9.17) is 4.74 Å². The van der Waals surface area contributed by atoms with Gasteiger partial charge in [-0.05, 0) is 50.5 Å². The van der Waals surface area contributed by atoms with Crippen LogP contribution in [0.4, 0.5) is 0 Å². The average molecular weight is 457 g/mol. The molecule has 5 nitrogen and oxygen atoms in total. The molecule has 0 saturated carbocycles. The van der Waals surface area contributed by atoms with Crippen molar-refractivity contribution in [1.82, 2.24) is 10.3 Å². The Bertz CT molecular complexity index is 1090. The van der Waals surface area contributed by atoms with Crippen LogP contribution in [0, 0.1) is 5.41 Å². The summed E-state index contributed by atoms with van der Waals surface area (Å²) in [6.07, 6.45) is 3.48. The van der Waals surface area contributed by atoms with Crippen molar-refractivity contribution in [1.29, 1.82) is 0 Å². The summed E-state index contributed by atoms with van der Waals surface area (Å²) in [7, 11) is 0. The molecular weight excluding hydrogens is 432 g/mol. The summed E-state index contributed by atoms with van der Waals surface area (Å²) < 4.78 is 6.34. The van der Waals surface area contributed by atoms with Crippen molar-refractivity contribution >= 4 is 38.6 Å². The molecule has 1 aliphatic heterocycles. The van der Waals surface area contributed by atoms with E-state index in [1.807, 2.05) is 45.2 Å². The number of allylic oxidation sites excluding steroid dienone is 3. The molecule has 0 spiro atoms. The fourth-order valence-corrected chi connectivity index (χ4v) is 4.78. The molecule has 1 aromatic heterocycles. The second-order valence-electron chi connectivity index (χ2n) is 8.36. The lowest BCUT2D eigenvalue weighted by Crippen LogP contribution is -2.40. The Hall–Kier alpha value is -2.34. The molecule has 2 N–H and O–H groups in total. The van der Waals surface area contributed by atoms with Crippen molar-refractivity contribution in [2.75, 3.05) is 6.61 Å². The number of hydrogen-bond acceptors (Lipinski definition) is 4. The molecule has 1 aliphatic carbocycles. The van der Waals surface area contributed by atoms with Crippen LogP contribution < -0.4 is 5.32 Å². The second kappa shape index (κ2) is 7.17. The number of Topliss-reactive ketones (excluding diaryl/α,β-unsaturated/α-hetero) is 1. The third-order valence-corrected chi connectivity index (χ3v) is 6.48. The number of esters is 1. The van der Waals surface area contributed by atoms with E-state index in [2.05, 4.69) is 26.2 Å². The maximum absolute atomic E-state index is 13.5. The van der Waals surface area contributed by atoms with Gasteiger partial charge in [0.05, 0.1) is 18.1 Å². The summed E-state index contributed by atoms with van der Waals surface area (Å²) in [4.78, 5) is 29.8. The van der Waals surface area contributed by atoms with Gasteiger partial charge in [0, 0.05) is 44.0 Å². The van der Waals surface area contributed by atoms with Crippen molar-refractivity contribution in [3.8, 4) is 0 Å². The van der Waals surface area contributed by atoms with Gasteiger partial charge in [0.2, 0.25) is 0 Å². The zero-order valence-electron chi connectivity index (χ0n) is 17.1. The highest BCUT2D eigenvalue weighted by Crippen LogP contribution is 2.48. The number of nitrogens with one attached hydrogen (secondary N) is 2. The van der Waals surface area contributed by atoms with Crippen LogP contribution in [0.5, 0.6) is 0 Å². The van der Waals surface area contributed by atoms with Crippen LogP contribution in [0.15, 0.2) is 51.4 Å². The molecule has 152 valence electrons. The molecule has 2 heterocycles. The quantitative estimate of drug-likeness (QED) is 0.630. The molecule has 0 unspecified atom stereocenters. The van der Waals surface area contributed by atoms with Gasteiger partial charge in [0.25, 0.3) is 0 Å². The molecule has 1 atom stereocenters. The molecule has 0 saturated heterocycles. The van der Waals surface area contributed by atoms with Crippen LogP contribution >= 0.6 is 15.9 Å². The minimum atomic E-state index is -0.462. The summed E-state index contributed by atoms with van der Waals surface area (Å²) >= 11 is 3.55. The first-order valence-electron chi connectivity index (χ1n) is 9.94. The van der Waals surface area contributed by atoms with Crippen molar-refractivity contribution in [3.63, 3.8) is 0 Å². The molecule has 0 bridgehead atoms. The summed E-state index contributed by atoms with van der Waals surface area (Å²) in [5.74, 6) is -0.745. The van der Waals surface area contributed by atoms with E-state index in [0.29, 0.717) is 11.1 Å². The highest BCUT2D eigenvalue weighted by molar-refractivity contribution is 9.10. The summed E-state index contributed by atoms with van der Waals surface area (Å²) in [5, 5.41) is 4.34. The van der Waals surface area contributed by atoms with E-state index in [1.165, 1.54) is 0 Å². The van der Waals surface area contributed by atoms with Gasteiger partial charge in [-0.3, -0.25) is 4.79 Å². The van der Waals surface area contributed by atoms with Crippen molar-refractivity contribution in [2.45, 2.75) is 46.5 Å². The fourth-order valence-electron chi connectivity index (χ4n) is 4.42. The molecule has 0 amide bonds. The van der Waals surface area contributed by atoms with E-state index in [0.717, 1.165) is 45.2 Å². The minimum Gasteiger partial charge on any atom is -0.463 e. The van der Waals surface area contributed by atoms with Crippen molar-refractivity contribution < 1.29 is 14.3 Å². The lowest BCUT2D eigenvalue weighted by molar-refractivity contribution is -0.138. The second-order valence-corrected chi connectivity index (χ2v) is 9.27. The van der Waals surface area contributed by atoms with E-state index >= 15 is 0 Å². The topological polar surface area (TPSA) is 71.2 Å². The Labute approximate surface area is 178 Å². The van der Waals surface area contributed by atoms with Crippen LogP contribution in [0.3, 0.4) is 0 Å². The third kappa shape index (κ3) is 3.23. The number of ketones is 1. The van der Waals surface area contributed by atoms with Crippen LogP contribution in [0.1, 0.15) is 52.0 Å². The van der Waals surface area contributed by atoms with Crippen LogP contribution in [0.25, 0.3) is 10.9 Å². The first kappa shape index (κ1) is 20.0. The molecule has 0 radical (unpaired) electrons. The largest absolute Gasteiger partial charge is 0.463 e. The first-order valence-corrected chi connectivity index (χ1v) is 10.7. The van der Waals surface area contributed by atoms with E-state index in [-0.39, 0.29) is 18.4 Å². The van der Waals surface area contributed by atoms with Gasteiger partial charge in [-0.15, -0.1) is 0 Å². The van der Waals surface area contributed by atoms with Gasteiger partial charge >= 0.3 is 5.97 Å². The molecule has 0 fully saturated rings. The number of H-pyrrole nitrogens is 1. The number of benzene rings is 1. The van der Waals surface area contributed by atoms with Gasteiger partial charge < -0.3 is 15.0 Å². The Morgan fingerprint density at radius 1 is 1.34 bits per heavy atom. The SMILES string of the molecule is CCOC(=O)C1=C(C)NC2=C(C(=O)C(C)(C)CC2)[C@H]1c1c[nH]c2ccc(Br)cc12. The van der Waals surface area contributed by atoms with Gasteiger partial charge in [-0.2, -0.15) is 0 Å². The first-order chi connectivity index (χ1) is 13.7. The monoisotopic (exact) mass is 456 g/mol. The number of dihydropyridines is 1. The Balaban J connectivity index is 1.98. The number of aromatic nitrogens is 1. The fraction of sp³-hybridized carbons (Fsp3) is 0.391. The molecule has 4 rings (SSSR count). The van der Waals surface area contributed by atoms with E-state index < -0.39 is 11.3 Å². The summed E-state index contributed by atoms with van der Waals surface area (Å²) in [6.45, 7) is 7.93. The Morgan fingerprint density at radius 2 is 2.10 bits per heavy atom. The predicted molar refractivity (Wildman–Crippen MR) is 116 cm³/mol. The van der Waals surface area contributed by atoms with Gasteiger partial charge in [0.15, 0.2) is 5.78 Å². The van der Waals surface area contributed by atoms with E-state index in [1.54, 1.807) is 6.92 Å². The van der Waals surface area contributed by atoms with Crippen molar-refractivity contribution in [3.05, 3.63) is 57.0 Å². The number of ether oxygens (including phenoxy) is 1. The Kier molecular flexibility index (Phi) is 4.93. The summed E-state index contributed by atoms with van der Waals surface area (Å²) in [6, 6.07) is 5.99. The number of carbonyl (C=O) groups is 2. The average Bonchev–Trinajstić information content (AvgIpc) is 3.07. The lowest BCUT2D eigenvalue weighted by Gasteiger charge is -2.39. The highest BCUT2D eigenvalue weighted by Gasteiger charge is 2.45. The molecule has 1 aromatic carbocycles. The van der Waals surface area contributed by atoms with Crippen LogP contribution in [-0.2, 0) is 14.3 Å². The predicted octanol–water partition coefficient (Wildman–Crippen LogP) is 5.10. The number of hydrogen-bond donors (Lipinski definition) is 2. The van der Waals surface area contributed by atoms with Gasteiger partial charge in [0.1, 0.15) is 0 Å². The molecule has 6 heteroatoms. The van der Waals surface area contributed by atoms with E-state index in [9.17, 15) is 9.59 Å². The highest BCUT2D eigenvalue weighted by atomic mass is 79.9. The maximum Gasteiger partial charge on any atom is 0.336 e.